The summed E-state index contributed by atoms with van der Waals surface area (Å²) in [6.45, 7) is 1.96. The molecule has 0 spiro atoms. The van der Waals surface area contributed by atoms with E-state index in [-0.39, 0.29) is 5.91 Å². The number of rotatable bonds is 3. The van der Waals surface area contributed by atoms with Crippen LogP contribution in [-0.4, -0.2) is 19.0 Å². The molecule has 1 saturated heterocycles. The first-order chi connectivity index (χ1) is 11.0. The van der Waals surface area contributed by atoms with Crippen LogP contribution in [0.4, 0.5) is 17.1 Å². The molecular weight excluding hydrogens is 333 g/mol. The first-order valence-corrected chi connectivity index (χ1v) is 8.21. The summed E-state index contributed by atoms with van der Waals surface area (Å²) >= 11 is 12.0. The van der Waals surface area contributed by atoms with Crippen molar-refractivity contribution >= 4 is 46.2 Å². The van der Waals surface area contributed by atoms with Gasteiger partial charge in [0.25, 0.3) is 5.91 Å². The number of nitrogens with zero attached hydrogens (tertiary/aromatic N) is 1. The summed E-state index contributed by atoms with van der Waals surface area (Å²) in [6.07, 6.45) is 2.31. The van der Waals surface area contributed by atoms with Crippen LogP contribution in [-0.2, 0) is 0 Å². The standard InChI is InChI=1S/C17H17Cl2N3O/c18-11-3-5-13(14(19)9-11)17(23)21-15-10-12(20)4-6-16(15)22-7-1-2-8-22/h3-6,9-10H,1-2,7-8,20H2,(H,21,23). The minimum Gasteiger partial charge on any atom is -0.399 e. The fourth-order valence-corrected chi connectivity index (χ4v) is 3.25. The lowest BCUT2D eigenvalue weighted by Gasteiger charge is -2.22. The summed E-state index contributed by atoms with van der Waals surface area (Å²) in [6, 6.07) is 10.4. The zero-order valence-corrected chi connectivity index (χ0v) is 14.0. The minimum absolute atomic E-state index is 0.280. The molecule has 0 radical (unpaired) electrons. The number of nitrogen functional groups attached to an aromatic ring is 1. The topological polar surface area (TPSA) is 58.4 Å². The average molecular weight is 350 g/mol. The molecule has 120 valence electrons. The number of hydrogen-bond donors (Lipinski definition) is 2. The smallest absolute Gasteiger partial charge is 0.257 e. The van der Waals surface area contributed by atoms with Crippen LogP contribution in [0.2, 0.25) is 10.0 Å². The summed E-state index contributed by atoms with van der Waals surface area (Å²) in [4.78, 5) is 14.8. The van der Waals surface area contributed by atoms with E-state index < -0.39 is 0 Å². The van der Waals surface area contributed by atoms with E-state index in [1.807, 2.05) is 12.1 Å². The van der Waals surface area contributed by atoms with Gasteiger partial charge in [0.15, 0.2) is 0 Å². The van der Waals surface area contributed by atoms with E-state index in [0.717, 1.165) is 31.6 Å². The molecular formula is C17H17Cl2N3O. The number of halogens is 2. The highest BCUT2D eigenvalue weighted by molar-refractivity contribution is 6.37. The molecule has 2 aromatic rings. The van der Waals surface area contributed by atoms with Gasteiger partial charge in [-0.05, 0) is 49.2 Å². The molecule has 4 nitrogen and oxygen atoms in total. The highest BCUT2D eigenvalue weighted by Gasteiger charge is 2.18. The lowest BCUT2D eigenvalue weighted by molar-refractivity contribution is 0.102. The number of anilines is 3. The van der Waals surface area contributed by atoms with Gasteiger partial charge in [-0.1, -0.05) is 23.2 Å². The molecule has 1 aliphatic heterocycles. The van der Waals surface area contributed by atoms with E-state index in [4.69, 9.17) is 28.9 Å². The van der Waals surface area contributed by atoms with Crippen molar-refractivity contribution < 1.29 is 4.79 Å². The van der Waals surface area contributed by atoms with Crippen LogP contribution >= 0.6 is 23.2 Å². The first-order valence-electron chi connectivity index (χ1n) is 7.45. The SMILES string of the molecule is Nc1ccc(N2CCCC2)c(NC(=O)c2ccc(Cl)cc2Cl)c1. The van der Waals surface area contributed by atoms with Crippen molar-refractivity contribution in [3.8, 4) is 0 Å². The maximum absolute atomic E-state index is 12.5. The maximum atomic E-state index is 12.5. The molecule has 1 fully saturated rings. The Balaban J connectivity index is 1.89. The Morgan fingerprint density at radius 2 is 1.83 bits per heavy atom. The van der Waals surface area contributed by atoms with E-state index >= 15 is 0 Å². The van der Waals surface area contributed by atoms with Gasteiger partial charge in [0.1, 0.15) is 0 Å². The van der Waals surface area contributed by atoms with Crippen LogP contribution in [0.3, 0.4) is 0 Å². The van der Waals surface area contributed by atoms with E-state index in [0.29, 0.717) is 27.0 Å². The maximum Gasteiger partial charge on any atom is 0.257 e. The Labute approximate surface area is 145 Å². The van der Waals surface area contributed by atoms with Crippen LogP contribution in [0.1, 0.15) is 23.2 Å². The molecule has 0 saturated carbocycles. The molecule has 6 heteroatoms. The molecule has 0 aliphatic carbocycles. The van der Waals surface area contributed by atoms with Gasteiger partial charge in [-0.25, -0.2) is 0 Å². The van der Waals surface area contributed by atoms with Gasteiger partial charge in [0.2, 0.25) is 0 Å². The molecule has 0 aromatic heterocycles. The zero-order chi connectivity index (χ0) is 16.4. The number of amides is 1. The highest BCUT2D eigenvalue weighted by Crippen LogP contribution is 2.32. The fraction of sp³-hybridized carbons (Fsp3) is 0.235. The quantitative estimate of drug-likeness (QED) is 0.806. The number of carbonyl (C=O) groups excluding carboxylic acids is 1. The number of hydrogen-bond acceptors (Lipinski definition) is 3. The largest absolute Gasteiger partial charge is 0.399 e. The summed E-state index contributed by atoms with van der Waals surface area (Å²) in [5, 5.41) is 3.73. The summed E-state index contributed by atoms with van der Waals surface area (Å²) in [5.41, 5.74) is 8.54. The lowest BCUT2D eigenvalue weighted by atomic mass is 10.1. The second kappa shape index (κ2) is 6.69. The Morgan fingerprint density at radius 3 is 2.52 bits per heavy atom. The third-order valence-electron chi connectivity index (χ3n) is 3.89. The molecule has 0 bridgehead atoms. The predicted molar refractivity (Wildman–Crippen MR) is 96.7 cm³/mol. The van der Waals surface area contributed by atoms with Crippen LogP contribution in [0.5, 0.6) is 0 Å². The van der Waals surface area contributed by atoms with Gasteiger partial charge in [-0.15, -0.1) is 0 Å². The molecule has 1 heterocycles. The van der Waals surface area contributed by atoms with Crippen molar-refractivity contribution in [3.05, 3.63) is 52.0 Å². The monoisotopic (exact) mass is 349 g/mol. The fourth-order valence-electron chi connectivity index (χ4n) is 2.75. The van der Waals surface area contributed by atoms with E-state index in [9.17, 15) is 4.79 Å². The number of nitrogens with two attached hydrogens (primary N) is 1. The van der Waals surface area contributed by atoms with Crippen LogP contribution in [0.15, 0.2) is 36.4 Å². The van der Waals surface area contributed by atoms with Crippen molar-refractivity contribution in [2.24, 2.45) is 0 Å². The van der Waals surface area contributed by atoms with E-state index in [2.05, 4.69) is 10.2 Å². The average Bonchev–Trinajstić information content (AvgIpc) is 3.01. The Kier molecular flexibility index (Phi) is 4.64. The second-order valence-electron chi connectivity index (χ2n) is 5.55. The Hall–Kier alpha value is -1.91. The van der Waals surface area contributed by atoms with Gasteiger partial charge in [0.05, 0.1) is 22.0 Å². The third-order valence-corrected chi connectivity index (χ3v) is 4.44. The van der Waals surface area contributed by atoms with Gasteiger partial charge < -0.3 is 16.0 Å². The van der Waals surface area contributed by atoms with E-state index in [1.165, 1.54) is 0 Å². The molecule has 0 unspecified atom stereocenters. The second-order valence-corrected chi connectivity index (χ2v) is 6.39. The molecule has 3 N–H and O–H groups in total. The van der Waals surface area contributed by atoms with Crippen molar-refractivity contribution in [2.75, 3.05) is 29.0 Å². The van der Waals surface area contributed by atoms with Crippen molar-refractivity contribution in [1.29, 1.82) is 0 Å². The molecule has 1 aliphatic rings. The lowest BCUT2D eigenvalue weighted by Crippen LogP contribution is -2.21. The van der Waals surface area contributed by atoms with Gasteiger partial charge in [0, 0.05) is 23.8 Å². The number of benzene rings is 2. The predicted octanol–water partition coefficient (Wildman–Crippen LogP) is 4.43. The van der Waals surface area contributed by atoms with Gasteiger partial charge >= 0.3 is 0 Å². The Bertz CT molecular complexity index is 743. The molecule has 3 rings (SSSR count). The zero-order valence-electron chi connectivity index (χ0n) is 12.5. The highest BCUT2D eigenvalue weighted by atomic mass is 35.5. The van der Waals surface area contributed by atoms with Crippen LogP contribution in [0.25, 0.3) is 0 Å². The molecule has 23 heavy (non-hydrogen) atoms. The normalized spacial score (nSPS) is 14.1. The minimum atomic E-state index is -0.280. The summed E-state index contributed by atoms with van der Waals surface area (Å²) in [5.74, 6) is -0.280. The van der Waals surface area contributed by atoms with E-state index in [1.54, 1.807) is 24.3 Å². The third kappa shape index (κ3) is 3.54. The number of carbonyl (C=O) groups is 1. The van der Waals surface area contributed by atoms with Crippen molar-refractivity contribution in [2.45, 2.75) is 12.8 Å². The van der Waals surface area contributed by atoms with Gasteiger partial charge in [-0.3, -0.25) is 4.79 Å². The first kappa shape index (κ1) is 16.0. The van der Waals surface area contributed by atoms with Crippen LogP contribution in [0, 0.1) is 0 Å². The number of nitrogens with one attached hydrogen (secondary N) is 1. The Morgan fingerprint density at radius 1 is 1.09 bits per heavy atom. The van der Waals surface area contributed by atoms with Gasteiger partial charge in [-0.2, -0.15) is 0 Å². The van der Waals surface area contributed by atoms with Crippen molar-refractivity contribution in [1.82, 2.24) is 0 Å². The summed E-state index contributed by atoms with van der Waals surface area (Å²) < 4.78 is 0. The van der Waals surface area contributed by atoms with Crippen molar-refractivity contribution in [3.63, 3.8) is 0 Å². The molecule has 1 amide bonds. The molecule has 2 aromatic carbocycles. The molecule has 0 atom stereocenters. The summed E-state index contributed by atoms with van der Waals surface area (Å²) in [7, 11) is 0. The van der Waals surface area contributed by atoms with Crippen LogP contribution < -0.4 is 16.0 Å².